The van der Waals surface area contributed by atoms with E-state index in [1.807, 2.05) is 61.8 Å². The van der Waals surface area contributed by atoms with Gasteiger partial charge in [0.25, 0.3) is 5.91 Å². The zero-order valence-corrected chi connectivity index (χ0v) is 22.1. The van der Waals surface area contributed by atoms with Crippen molar-refractivity contribution in [3.05, 3.63) is 102 Å². The van der Waals surface area contributed by atoms with Gasteiger partial charge in [0.05, 0.1) is 11.6 Å². The van der Waals surface area contributed by atoms with Crippen molar-refractivity contribution in [2.75, 3.05) is 6.54 Å². The van der Waals surface area contributed by atoms with Crippen molar-refractivity contribution in [2.24, 2.45) is 0 Å². The number of fused-ring (bicyclic) bond motifs is 1. The van der Waals surface area contributed by atoms with Gasteiger partial charge in [0.2, 0.25) is 5.91 Å². The van der Waals surface area contributed by atoms with Crippen LogP contribution in [0.4, 0.5) is 0 Å². The Hall–Kier alpha value is -4.44. The first kappa shape index (κ1) is 26.2. The summed E-state index contributed by atoms with van der Waals surface area (Å²) in [6.45, 7) is 2.42. The number of nitriles is 1. The van der Waals surface area contributed by atoms with Gasteiger partial charge in [0.15, 0.2) is 0 Å². The molecule has 198 valence electrons. The summed E-state index contributed by atoms with van der Waals surface area (Å²) in [7, 11) is 0. The number of amides is 2. The van der Waals surface area contributed by atoms with E-state index in [-0.39, 0.29) is 17.2 Å². The molecule has 0 bridgehead atoms. The molecule has 2 heterocycles. The molecule has 0 saturated heterocycles. The summed E-state index contributed by atoms with van der Waals surface area (Å²) in [5.41, 5.74) is 3.44. The van der Waals surface area contributed by atoms with E-state index in [2.05, 4.69) is 26.7 Å². The lowest BCUT2D eigenvalue weighted by Gasteiger charge is -2.37. The molecule has 0 aliphatic heterocycles. The molecule has 1 unspecified atom stereocenters. The molecule has 39 heavy (non-hydrogen) atoms. The summed E-state index contributed by atoms with van der Waals surface area (Å²) in [5.74, 6) is -0.948. The van der Waals surface area contributed by atoms with E-state index >= 15 is 0 Å². The number of hydrogen-bond donors (Lipinski definition) is 3. The van der Waals surface area contributed by atoms with Crippen LogP contribution in [-0.4, -0.2) is 34.4 Å². The maximum Gasteiger partial charge on any atom is 0.251 e. The number of nitrogens with one attached hydrogen (secondary N) is 3. The molecule has 3 N–H and O–H groups in total. The summed E-state index contributed by atoms with van der Waals surface area (Å²) in [6.07, 6.45) is 9.00. The highest BCUT2D eigenvalue weighted by Crippen LogP contribution is 2.38. The number of benzene rings is 2. The molecule has 0 radical (unpaired) electrons. The Morgan fingerprint density at radius 3 is 2.62 bits per heavy atom. The first-order valence-corrected chi connectivity index (χ1v) is 13.6. The van der Waals surface area contributed by atoms with Crippen molar-refractivity contribution in [3.63, 3.8) is 0 Å². The minimum Gasteiger partial charge on any atom is -0.361 e. The second-order valence-electron chi connectivity index (χ2n) is 10.5. The second-order valence-corrected chi connectivity index (χ2v) is 10.5. The average Bonchev–Trinajstić information content (AvgIpc) is 3.43. The minimum atomic E-state index is -0.827. The summed E-state index contributed by atoms with van der Waals surface area (Å²) in [5, 5.41) is 16.5. The Kier molecular flexibility index (Phi) is 7.74. The first-order chi connectivity index (χ1) is 19.0. The van der Waals surface area contributed by atoms with E-state index in [0.717, 1.165) is 47.8 Å². The smallest absolute Gasteiger partial charge is 0.251 e. The van der Waals surface area contributed by atoms with Gasteiger partial charge in [-0.3, -0.25) is 14.6 Å². The van der Waals surface area contributed by atoms with Gasteiger partial charge in [-0.15, -0.1) is 0 Å². The van der Waals surface area contributed by atoms with Gasteiger partial charge >= 0.3 is 0 Å². The van der Waals surface area contributed by atoms with Crippen molar-refractivity contribution in [1.29, 1.82) is 5.26 Å². The number of rotatable bonds is 8. The van der Waals surface area contributed by atoms with Crippen LogP contribution in [-0.2, 0) is 10.2 Å². The molecule has 1 aliphatic rings. The lowest BCUT2D eigenvalue weighted by molar-refractivity contribution is -0.123. The Balaban J connectivity index is 1.43. The third-order valence-electron chi connectivity index (χ3n) is 8.05. The molecule has 2 aromatic carbocycles. The summed E-state index contributed by atoms with van der Waals surface area (Å²) >= 11 is 0. The zero-order valence-electron chi connectivity index (χ0n) is 22.1. The number of para-hydroxylation sites is 1. The maximum absolute atomic E-state index is 13.9. The Morgan fingerprint density at radius 1 is 1.05 bits per heavy atom. The minimum absolute atomic E-state index is 0.227. The van der Waals surface area contributed by atoms with Gasteiger partial charge < -0.3 is 15.6 Å². The SMILES string of the molecule is C[C@H](c1c[nH]c2ccccc12)C(NC(=O)c1cccc(C#N)c1)C(=O)NCC1(c2ccccn2)CCCCC1. The average molecular weight is 520 g/mol. The number of carbonyl (C=O) groups is 2. The van der Waals surface area contributed by atoms with Crippen molar-refractivity contribution in [1.82, 2.24) is 20.6 Å². The van der Waals surface area contributed by atoms with Crippen molar-refractivity contribution < 1.29 is 9.59 Å². The monoisotopic (exact) mass is 519 g/mol. The summed E-state index contributed by atoms with van der Waals surface area (Å²) in [6, 6.07) is 21.7. The molecule has 4 aromatic rings. The van der Waals surface area contributed by atoms with Crippen LogP contribution in [0.5, 0.6) is 0 Å². The largest absolute Gasteiger partial charge is 0.361 e. The van der Waals surface area contributed by atoms with Crippen LogP contribution in [0.15, 0.2) is 79.1 Å². The third-order valence-corrected chi connectivity index (χ3v) is 8.05. The van der Waals surface area contributed by atoms with E-state index in [4.69, 9.17) is 0 Å². The standard InChI is InChI=1S/C32H33N5O2/c1-22(26-20-35-27-13-4-3-12-25(26)27)29(37-30(38)24-11-9-10-23(18-24)19-33)31(39)36-21-32(15-6-2-7-16-32)28-14-5-8-17-34-28/h3-5,8-14,17-18,20,22,29,35H,2,6-7,15-16,21H2,1H3,(H,36,39)(H,37,38)/t22-,29?/m1/s1. The highest BCUT2D eigenvalue weighted by atomic mass is 16.2. The van der Waals surface area contributed by atoms with Gasteiger partial charge in [0.1, 0.15) is 6.04 Å². The Bertz CT molecular complexity index is 1500. The van der Waals surface area contributed by atoms with Gasteiger partial charge in [-0.25, -0.2) is 0 Å². The van der Waals surface area contributed by atoms with Crippen molar-refractivity contribution in [2.45, 2.75) is 56.4 Å². The Morgan fingerprint density at radius 2 is 1.85 bits per heavy atom. The zero-order chi connectivity index (χ0) is 27.2. The molecule has 1 aliphatic carbocycles. The number of hydrogen-bond acceptors (Lipinski definition) is 4. The number of nitrogens with zero attached hydrogens (tertiary/aromatic N) is 2. The van der Waals surface area contributed by atoms with E-state index in [0.29, 0.717) is 17.7 Å². The van der Waals surface area contributed by atoms with Crippen molar-refractivity contribution >= 4 is 22.7 Å². The van der Waals surface area contributed by atoms with Crippen LogP contribution < -0.4 is 10.6 Å². The number of H-pyrrole nitrogens is 1. The van der Waals surface area contributed by atoms with E-state index in [9.17, 15) is 14.9 Å². The highest BCUT2D eigenvalue weighted by Gasteiger charge is 2.37. The number of carbonyl (C=O) groups excluding carboxylic acids is 2. The maximum atomic E-state index is 13.9. The quantitative estimate of drug-likeness (QED) is 0.291. The van der Waals surface area contributed by atoms with E-state index in [1.165, 1.54) is 6.42 Å². The van der Waals surface area contributed by atoms with Crippen LogP contribution in [0.1, 0.15) is 72.1 Å². The van der Waals surface area contributed by atoms with Crippen molar-refractivity contribution in [3.8, 4) is 6.07 Å². The molecule has 5 rings (SSSR count). The molecular formula is C32H33N5O2. The molecule has 7 nitrogen and oxygen atoms in total. The van der Waals surface area contributed by atoms with Crippen LogP contribution in [0.3, 0.4) is 0 Å². The fraction of sp³-hybridized carbons (Fsp3) is 0.312. The lowest BCUT2D eigenvalue weighted by atomic mass is 9.71. The third kappa shape index (κ3) is 5.56. The molecule has 2 aromatic heterocycles. The number of aromatic amines is 1. The number of pyridine rings is 1. The highest BCUT2D eigenvalue weighted by molar-refractivity contribution is 5.98. The van der Waals surface area contributed by atoms with Gasteiger partial charge in [-0.05, 0) is 54.8 Å². The second kappa shape index (κ2) is 11.5. The molecular weight excluding hydrogens is 486 g/mol. The predicted octanol–water partition coefficient (Wildman–Crippen LogP) is 5.35. The fourth-order valence-electron chi connectivity index (χ4n) is 5.82. The Labute approximate surface area is 228 Å². The molecule has 2 amide bonds. The summed E-state index contributed by atoms with van der Waals surface area (Å²) < 4.78 is 0. The van der Waals surface area contributed by atoms with E-state index < -0.39 is 11.9 Å². The summed E-state index contributed by atoms with van der Waals surface area (Å²) in [4.78, 5) is 35.2. The van der Waals surface area contributed by atoms with Crippen LogP contribution in [0.2, 0.25) is 0 Å². The van der Waals surface area contributed by atoms with Gasteiger partial charge in [-0.2, -0.15) is 5.26 Å². The normalized spacial score (nSPS) is 16.1. The van der Waals surface area contributed by atoms with Gasteiger partial charge in [0, 0.05) is 52.4 Å². The predicted molar refractivity (Wildman–Crippen MR) is 151 cm³/mol. The topological polar surface area (TPSA) is 111 Å². The fourth-order valence-corrected chi connectivity index (χ4v) is 5.82. The van der Waals surface area contributed by atoms with E-state index in [1.54, 1.807) is 24.3 Å². The molecule has 7 heteroatoms. The van der Waals surface area contributed by atoms with Gasteiger partial charge in [-0.1, -0.05) is 56.5 Å². The molecule has 1 saturated carbocycles. The molecule has 0 spiro atoms. The van der Waals surface area contributed by atoms with Crippen LogP contribution in [0, 0.1) is 11.3 Å². The first-order valence-electron chi connectivity index (χ1n) is 13.6. The lowest BCUT2D eigenvalue weighted by Crippen LogP contribution is -2.52. The van der Waals surface area contributed by atoms with Crippen LogP contribution >= 0.6 is 0 Å². The molecule has 1 fully saturated rings. The van der Waals surface area contributed by atoms with Crippen LogP contribution in [0.25, 0.3) is 10.9 Å². The molecule has 2 atom stereocenters. The number of aromatic nitrogens is 2.